The number of hydrogen-bond acceptors (Lipinski definition) is 5. The number of ether oxygens (including phenoxy) is 1. The number of aliphatic hydroxyl groups excluding tert-OH is 1. The lowest BCUT2D eigenvalue weighted by Gasteiger charge is -2.17. The van der Waals surface area contributed by atoms with Gasteiger partial charge in [0, 0.05) is 6.20 Å². The van der Waals surface area contributed by atoms with Crippen molar-refractivity contribution >= 4 is 5.82 Å². The van der Waals surface area contributed by atoms with E-state index in [0.717, 1.165) is 0 Å². The maximum atomic E-state index is 11.4. The van der Waals surface area contributed by atoms with Gasteiger partial charge in [-0.15, -0.1) is 0 Å². The number of nitrogen functional groups attached to an aromatic ring is 1. The fourth-order valence-corrected chi connectivity index (χ4v) is 1.46. The Hall–Kier alpha value is -1.82. The third-order valence-electron chi connectivity index (χ3n) is 2.13. The Balaban J connectivity index is 2.36. The molecule has 2 atom stereocenters. The summed E-state index contributed by atoms with van der Waals surface area (Å²) < 4.78 is 6.48. The van der Waals surface area contributed by atoms with Crippen molar-refractivity contribution in [3.05, 3.63) is 34.6 Å². The van der Waals surface area contributed by atoms with E-state index in [1.54, 1.807) is 6.92 Å². The molecule has 0 saturated carbocycles. The fourth-order valence-electron chi connectivity index (χ4n) is 1.46. The zero-order valence-electron chi connectivity index (χ0n) is 8.12. The summed E-state index contributed by atoms with van der Waals surface area (Å²) in [4.78, 5) is 15.0. The van der Waals surface area contributed by atoms with E-state index >= 15 is 0 Å². The normalized spacial score (nSPS) is 24.8. The van der Waals surface area contributed by atoms with E-state index < -0.39 is 18.0 Å². The van der Waals surface area contributed by atoms with Gasteiger partial charge in [0.2, 0.25) is 6.23 Å². The topological polar surface area (TPSA) is 90.4 Å². The van der Waals surface area contributed by atoms with Crippen molar-refractivity contribution in [2.75, 3.05) is 5.73 Å². The molecule has 0 spiro atoms. The number of nitrogens with two attached hydrogens (primary N) is 1. The minimum absolute atomic E-state index is 0.147. The van der Waals surface area contributed by atoms with Crippen LogP contribution in [0.3, 0.4) is 0 Å². The molecule has 80 valence electrons. The predicted molar refractivity (Wildman–Crippen MR) is 52.8 cm³/mol. The van der Waals surface area contributed by atoms with Gasteiger partial charge in [-0.05, 0) is 19.1 Å². The van der Waals surface area contributed by atoms with Crippen LogP contribution in [0, 0.1) is 0 Å². The Morgan fingerprint density at radius 2 is 2.40 bits per heavy atom. The molecule has 0 saturated heterocycles. The number of anilines is 1. The van der Waals surface area contributed by atoms with Gasteiger partial charge in [-0.25, -0.2) is 4.79 Å². The lowest BCUT2D eigenvalue weighted by Crippen LogP contribution is -2.32. The molecular weight excluding hydrogens is 198 g/mol. The van der Waals surface area contributed by atoms with E-state index in [0.29, 0.717) is 5.76 Å². The molecule has 1 aliphatic rings. The molecule has 0 unspecified atom stereocenters. The summed E-state index contributed by atoms with van der Waals surface area (Å²) in [6, 6.07) is 1.48. The standard InChI is InChI=1S/C9H11N3O3/c1-5-4-6(13)8(15-5)12-3-2-7(10)11-9(12)14/h2-4,6,8,13H,1H3,(H2,10,11,14)/t6-,8-/m1/s1. The SMILES string of the molecule is CC1=C[C@@H](O)[C@H](n2ccc(N)nc2=O)O1. The van der Waals surface area contributed by atoms with Crippen molar-refractivity contribution in [1.29, 1.82) is 0 Å². The molecule has 1 aromatic heterocycles. The summed E-state index contributed by atoms with van der Waals surface area (Å²) in [5.74, 6) is 0.727. The van der Waals surface area contributed by atoms with Crippen LogP contribution in [0.15, 0.2) is 28.9 Å². The summed E-state index contributed by atoms with van der Waals surface area (Å²) in [5, 5.41) is 9.59. The Labute approximate surface area is 85.6 Å². The number of aromatic nitrogens is 2. The van der Waals surface area contributed by atoms with E-state index in [4.69, 9.17) is 10.5 Å². The molecule has 6 nitrogen and oxygen atoms in total. The molecule has 2 rings (SSSR count). The smallest absolute Gasteiger partial charge is 0.352 e. The number of allylic oxidation sites excluding steroid dienone is 1. The second-order valence-electron chi connectivity index (χ2n) is 3.32. The molecule has 0 aliphatic carbocycles. The third-order valence-corrected chi connectivity index (χ3v) is 2.13. The van der Waals surface area contributed by atoms with Crippen molar-refractivity contribution in [2.45, 2.75) is 19.3 Å². The highest BCUT2D eigenvalue weighted by atomic mass is 16.5. The van der Waals surface area contributed by atoms with Gasteiger partial charge in [0.1, 0.15) is 11.9 Å². The molecule has 0 aromatic carbocycles. The first-order valence-electron chi connectivity index (χ1n) is 4.46. The molecule has 3 N–H and O–H groups in total. The van der Waals surface area contributed by atoms with Crippen molar-refractivity contribution in [1.82, 2.24) is 9.55 Å². The molecule has 15 heavy (non-hydrogen) atoms. The minimum Gasteiger partial charge on any atom is -0.472 e. The zero-order chi connectivity index (χ0) is 11.0. The fraction of sp³-hybridized carbons (Fsp3) is 0.333. The highest BCUT2D eigenvalue weighted by Gasteiger charge is 2.28. The van der Waals surface area contributed by atoms with Crippen LogP contribution in [0.2, 0.25) is 0 Å². The molecule has 0 bridgehead atoms. The summed E-state index contributed by atoms with van der Waals surface area (Å²) in [5.41, 5.74) is 4.81. The molecule has 0 amide bonds. The molecule has 6 heteroatoms. The first-order chi connectivity index (χ1) is 7.08. The Morgan fingerprint density at radius 3 is 2.93 bits per heavy atom. The molecular formula is C9H11N3O3. The van der Waals surface area contributed by atoms with Crippen LogP contribution < -0.4 is 11.4 Å². The molecule has 1 aromatic rings. The second kappa shape index (κ2) is 3.39. The molecule has 2 heterocycles. The highest BCUT2D eigenvalue weighted by Crippen LogP contribution is 2.24. The van der Waals surface area contributed by atoms with Gasteiger partial charge in [0.15, 0.2) is 0 Å². The van der Waals surface area contributed by atoms with Gasteiger partial charge >= 0.3 is 5.69 Å². The average molecular weight is 209 g/mol. The van der Waals surface area contributed by atoms with Gasteiger partial charge in [-0.1, -0.05) is 0 Å². The largest absolute Gasteiger partial charge is 0.472 e. The monoisotopic (exact) mass is 209 g/mol. The van der Waals surface area contributed by atoms with Crippen LogP contribution in [-0.2, 0) is 4.74 Å². The lowest BCUT2D eigenvalue weighted by atomic mass is 10.3. The van der Waals surface area contributed by atoms with E-state index in [9.17, 15) is 9.90 Å². The lowest BCUT2D eigenvalue weighted by molar-refractivity contribution is -0.00201. The summed E-state index contributed by atoms with van der Waals surface area (Å²) >= 11 is 0. The van der Waals surface area contributed by atoms with E-state index in [-0.39, 0.29) is 5.82 Å². The average Bonchev–Trinajstić information content (AvgIpc) is 2.45. The summed E-state index contributed by atoms with van der Waals surface area (Å²) in [6.07, 6.45) is 1.40. The molecule has 0 radical (unpaired) electrons. The van der Waals surface area contributed by atoms with Gasteiger partial charge in [-0.2, -0.15) is 4.98 Å². The van der Waals surface area contributed by atoms with Crippen molar-refractivity contribution in [3.8, 4) is 0 Å². The Kier molecular flexibility index (Phi) is 2.20. The first kappa shape index (κ1) is 9.72. The van der Waals surface area contributed by atoms with Crippen LogP contribution in [0.5, 0.6) is 0 Å². The number of rotatable bonds is 1. The highest BCUT2D eigenvalue weighted by molar-refractivity contribution is 5.23. The van der Waals surface area contributed by atoms with E-state index in [1.807, 2.05) is 0 Å². The minimum atomic E-state index is -0.840. The van der Waals surface area contributed by atoms with Crippen LogP contribution in [0.1, 0.15) is 13.2 Å². The Morgan fingerprint density at radius 1 is 1.67 bits per heavy atom. The number of hydrogen-bond donors (Lipinski definition) is 2. The second-order valence-corrected chi connectivity index (χ2v) is 3.32. The number of aliphatic hydroxyl groups is 1. The summed E-state index contributed by atoms with van der Waals surface area (Å²) in [7, 11) is 0. The van der Waals surface area contributed by atoms with Crippen LogP contribution >= 0.6 is 0 Å². The zero-order valence-corrected chi connectivity index (χ0v) is 8.12. The quantitative estimate of drug-likeness (QED) is 0.658. The van der Waals surface area contributed by atoms with Crippen LogP contribution in [0.25, 0.3) is 0 Å². The van der Waals surface area contributed by atoms with Crippen molar-refractivity contribution in [3.63, 3.8) is 0 Å². The maximum Gasteiger partial charge on any atom is 0.352 e. The molecule has 0 fully saturated rings. The van der Waals surface area contributed by atoms with E-state index in [2.05, 4.69) is 4.98 Å². The van der Waals surface area contributed by atoms with Crippen LogP contribution in [-0.4, -0.2) is 20.8 Å². The molecule has 1 aliphatic heterocycles. The van der Waals surface area contributed by atoms with Gasteiger partial charge in [0.05, 0.1) is 5.76 Å². The van der Waals surface area contributed by atoms with Crippen molar-refractivity contribution in [2.24, 2.45) is 0 Å². The van der Waals surface area contributed by atoms with Gasteiger partial charge in [-0.3, -0.25) is 4.57 Å². The Bertz CT molecular complexity index is 466. The van der Waals surface area contributed by atoms with Crippen molar-refractivity contribution < 1.29 is 9.84 Å². The number of nitrogens with zero attached hydrogens (tertiary/aromatic N) is 2. The van der Waals surface area contributed by atoms with Gasteiger partial charge < -0.3 is 15.6 Å². The first-order valence-corrected chi connectivity index (χ1v) is 4.46. The van der Waals surface area contributed by atoms with E-state index in [1.165, 1.54) is 22.9 Å². The summed E-state index contributed by atoms with van der Waals surface area (Å²) in [6.45, 7) is 1.71. The van der Waals surface area contributed by atoms with Gasteiger partial charge in [0.25, 0.3) is 0 Å². The maximum absolute atomic E-state index is 11.4. The predicted octanol–water partition coefficient (Wildman–Crippen LogP) is -0.381. The third kappa shape index (κ3) is 1.71. The van der Waals surface area contributed by atoms with Crippen LogP contribution in [0.4, 0.5) is 5.82 Å².